The minimum absolute atomic E-state index is 0.250. The number of hydrogen-bond donors (Lipinski definition) is 0. The molecule has 4 heteroatoms. The van der Waals surface area contributed by atoms with Crippen LogP contribution < -0.4 is 0 Å². The van der Waals surface area contributed by atoms with Crippen molar-refractivity contribution in [1.82, 2.24) is 0 Å². The molecular formula is C9H15Cl2NZr. The van der Waals surface area contributed by atoms with Crippen LogP contribution in [0.4, 0.5) is 0 Å². The van der Waals surface area contributed by atoms with Gasteiger partial charge in [0.15, 0.2) is 0 Å². The van der Waals surface area contributed by atoms with Gasteiger partial charge in [-0.05, 0) is 0 Å². The molecule has 0 unspecified atom stereocenters. The maximum absolute atomic E-state index is 6.94. The molecule has 1 rings (SSSR count). The average molecular weight is 299 g/mol. The van der Waals surface area contributed by atoms with Crippen LogP contribution in [-0.2, 0) is 20.8 Å². The first kappa shape index (κ1) is 16.3. The molecule has 0 spiro atoms. The van der Waals surface area contributed by atoms with Crippen LogP contribution in [0.2, 0.25) is 0 Å². The molecule has 0 fully saturated rings. The summed E-state index contributed by atoms with van der Waals surface area (Å²) in [5.74, 6) is 0. The molecule has 13 heavy (non-hydrogen) atoms. The summed E-state index contributed by atoms with van der Waals surface area (Å²) in [5.41, 5.74) is 6.69. The maximum atomic E-state index is 6.94. The van der Waals surface area contributed by atoms with E-state index in [0.717, 1.165) is 6.42 Å². The molecular weight excluding hydrogens is 284 g/mol. The van der Waals surface area contributed by atoms with Gasteiger partial charge in [-0.1, -0.05) is 20.8 Å². The summed E-state index contributed by atoms with van der Waals surface area (Å²) in [4.78, 5) is 0. The van der Waals surface area contributed by atoms with Crippen LogP contribution in [-0.4, -0.2) is 5.54 Å². The molecule has 0 aromatic heterocycles. The molecule has 0 aliphatic heterocycles. The third kappa shape index (κ3) is 44.0. The van der Waals surface area contributed by atoms with Gasteiger partial charge in [-0.3, -0.25) is 6.08 Å². The Kier molecular flexibility index (Phi) is 13.8. The standard InChI is InChI=1S/C5H5.C4H10N.2ClH.Zr/c1-2-4-5-3-1;1-4(2,3)5;;;/h1-3H,4H2;5H,1-3H3;2*1H;/q2*-1;;;+4/p-2. The van der Waals surface area contributed by atoms with Gasteiger partial charge >= 0.3 is 37.9 Å². The summed E-state index contributed by atoms with van der Waals surface area (Å²) in [6.45, 7) is 5.56. The van der Waals surface area contributed by atoms with Gasteiger partial charge in [0.25, 0.3) is 0 Å². The molecule has 0 aromatic carbocycles. The van der Waals surface area contributed by atoms with Crippen LogP contribution in [0.3, 0.4) is 0 Å². The Morgan fingerprint density at radius 2 is 1.77 bits per heavy atom. The van der Waals surface area contributed by atoms with E-state index in [4.69, 9.17) is 22.8 Å². The molecule has 0 heterocycles. The quantitative estimate of drug-likeness (QED) is 0.587. The fraction of sp³-hybridized carbons (Fsp3) is 0.556. The van der Waals surface area contributed by atoms with Crippen molar-refractivity contribution < 1.29 is 20.8 Å². The van der Waals surface area contributed by atoms with Gasteiger partial charge in [-0.15, -0.1) is 12.0 Å². The number of nitrogens with one attached hydrogen (secondary N) is 1. The SMILES string of the molecule is CC(C)(C)[NH-].[C-]1=CC=CC1.[Cl][Zr+2][Cl]. The summed E-state index contributed by atoms with van der Waals surface area (Å²) < 4.78 is 0. The van der Waals surface area contributed by atoms with Gasteiger partial charge in [0.05, 0.1) is 0 Å². The summed E-state index contributed by atoms with van der Waals surface area (Å²) in [6, 6.07) is 0. The monoisotopic (exact) mass is 297 g/mol. The van der Waals surface area contributed by atoms with Crippen LogP contribution in [0.5, 0.6) is 0 Å². The van der Waals surface area contributed by atoms with Crippen molar-refractivity contribution in [3.05, 3.63) is 30.0 Å². The first-order valence-electron chi connectivity index (χ1n) is 3.85. The van der Waals surface area contributed by atoms with E-state index in [1.807, 2.05) is 32.9 Å². The van der Waals surface area contributed by atoms with E-state index < -0.39 is 20.8 Å². The van der Waals surface area contributed by atoms with Crippen molar-refractivity contribution in [3.8, 4) is 0 Å². The Bertz CT molecular complexity index is 134. The first-order chi connectivity index (χ1) is 5.91. The van der Waals surface area contributed by atoms with E-state index in [1.165, 1.54) is 0 Å². The summed E-state index contributed by atoms with van der Waals surface area (Å²) in [6.07, 6.45) is 10.0. The van der Waals surface area contributed by atoms with Crippen LogP contribution >= 0.6 is 17.0 Å². The average Bonchev–Trinajstić information content (AvgIpc) is 2.36. The van der Waals surface area contributed by atoms with Crippen molar-refractivity contribution in [2.24, 2.45) is 0 Å². The number of hydrogen-bond acceptors (Lipinski definition) is 0. The van der Waals surface area contributed by atoms with Gasteiger partial charge < -0.3 is 5.73 Å². The third-order valence-electron chi connectivity index (χ3n) is 0.586. The normalized spacial score (nSPS) is 12.2. The van der Waals surface area contributed by atoms with Crippen LogP contribution in [0.25, 0.3) is 5.73 Å². The second-order valence-corrected chi connectivity index (χ2v) is 7.06. The van der Waals surface area contributed by atoms with Gasteiger partial charge in [0.1, 0.15) is 0 Å². The van der Waals surface area contributed by atoms with E-state index in [9.17, 15) is 0 Å². The molecule has 0 bridgehead atoms. The van der Waals surface area contributed by atoms with Crippen molar-refractivity contribution in [1.29, 1.82) is 0 Å². The van der Waals surface area contributed by atoms with E-state index in [0.29, 0.717) is 0 Å². The molecule has 1 aliphatic carbocycles. The minimum atomic E-state index is -0.826. The zero-order valence-corrected chi connectivity index (χ0v) is 12.2. The van der Waals surface area contributed by atoms with E-state index in [1.54, 1.807) is 0 Å². The summed E-state index contributed by atoms with van der Waals surface area (Å²) in [5, 5.41) is 0. The summed E-state index contributed by atoms with van der Waals surface area (Å²) >= 11 is -0.826. The number of rotatable bonds is 0. The van der Waals surface area contributed by atoms with E-state index in [2.05, 4.69) is 12.2 Å². The number of halogens is 2. The molecule has 1 N–H and O–H groups in total. The molecule has 0 saturated heterocycles. The van der Waals surface area contributed by atoms with E-state index in [-0.39, 0.29) is 5.54 Å². The molecule has 1 nitrogen and oxygen atoms in total. The Morgan fingerprint density at radius 1 is 1.38 bits per heavy atom. The Balaban J connectivity index is 0. The van der Waals surface area contributed by atoms with Gasteiger partial charge in [0, 0.05) is 0 Å². The molecule has 0 atom stereocenters. The Morgan fingerprint density at radius 3 is 1.85 bits per heavy atom. The second-order valence-electron chi connectivity index (χ2n) is 3.32. The molecule has 0 radical (unpaired) electrons. The fourth-order valence-electron chi connectivity index (χ4n) is 0.340. The van der Waals surface area contributed by atoms with Crippen molar-refractivity contribution in [3.63, 3.8) is 0 Å². The third-order valence-corrected chi connectivity index (χ3v) is 0.586. The molecule has 1 aliphatic rings. The zero-order valence-electron chi connectivity index (χ0n) is 8.20. The van der Waals surface area contributed by atoms with Crippen molar-refractivity contribution >= 4 is 17.0 Å². The van der Waals surface area contributed by atoms with Crippen LogP contribution in [0.15, 0.2) is 18.2 Å². The Labute approximate surface area is 100 Å². The van der Waals surface area contributed by atoms with Crippen LogP contribution in [0.1, 0.15) is 27.2 Å². The first-order valence-corrected chi connectivity index (χ1v) is 10.2. The molecule has 0 amide bonds. The predicted molar refractivity (Wildman–Crippen MR) is 57.4 cm³/mol. The second kappa shape index (κ2) is 11.0. The van der Waals surface area contributed by atoms with Gasteiger partial charge in [-0.25, -0.2) is 12.2 Å². The predicted octanol–water partition coefficient (Wildman–Crippen LogP) is 4.52. The van der Waals surface area contributed by atoms with Crippen molar-refractivity contribution in [2.45, 2.75) is 32.7 Å². The Hall–Kier alpha value is 0.903. The van der Waals surface area contributed by atoms with Gasteiger partial charge in [0.2, 0.25) is 0 Å². The fourth-order valence-corrected chi connectivity index (χ4v) is 0.340. The topological polar surface area (TPSA) is 23.8 Å². The molecule has 0 saturated carbocycles. The zero-order chi connectivity index (χ0) is 10.7. The molecule has 74 valence electrons. The van der Waals surface area contributed by atoms with Crippen LogP contribution in [0, 0.1) is 6.08 Å². The molecule has 0 aromatic rings. The van der Waals surface area contributed by atoms with Crippen molar-refractivity contribution in [2.75, 3.05) is 0 Å². The summed E-state index contributed by atoms with van der Waals surface area (Å²) in [7, 11) is 9.87. The van der Waals surface area contributed by atoms with Gasteiger partial charge in [-0.2, -0.15) is 6.08 Å². The number of allylic oxidation sites excluding steroid dienone is 4. The van der Waals surface area contributed by atoms with E-state index >= 15 is 0 Å².